The average Bonchev–Trinajstić information content (AvgIpc) is 3.05. The maximum absolute atomic E-state index is 12.5. The minimum absolute atomic E-state index is 0.116. The van der Waals surface area contributed by atoms with Crippen molar-refractivity contribution in [3.05, 3.63) is 60.4 Å². The summed E-state index contributed by atoms with van der Waals surface area (Å²) in [6.45, 7) is 12.0. The standard InChI is InChI=1S/C36H48N6O3/c1-36(2,3)45-35(44)42-22-15-28(16-23-42)25-39-34(43)13-10-27-8-11-29(12-9-27)32-24-33(30-26-37-18-14-31(30)40-32)38-17-7-21-41-19-5-4-6-20-41/h8-14,18,24,26,28H,4-7,15-17,19-23,25H2,1-3H3,(H,38,40)(H,39,43). The van der Waals surface area contributed by atoms with E-state index in [1.807, 2.05) is 63.4 Å². The summed E-state index contributed by atoms with van der Waals surface area (Å²) in [6, 6.07) is 12.2. The van der Waals surface area contributed by atoms with Gasteiger partial charge >= 0.3 is 6.09 Å². The quantitative estimate of drug-likeness (QED) is 0.203. The van der Waals surface area contributed by atoms with Crippen molar-refractivity contribution in [2.75, 3.05) is 51.1 Å². The fourth-order valence-corrected chi connectivity index (χ4v) is 5.96. The van der Waals surface area contributed by atoms with Gasteiger partial charge in [-0.25, -0.2) is 9.78 Å². The molecule has 2 N–H and O–H groups in total. The zero-order valence-corrected chi connectivity index (χ0v) is 27.1. The maximum atomic E-state index is 12.5. The third-order valence-corrected chi connectivity index (χ3v) is 8.49. The van der Waals surface area contributed by atoms with Crippen LogP contribution in [0.5, 0.6) is 0 Å². The third-order valence-electron chi connectivity index (χ3n) is 8.49. The Hall–Kier alpha value is -3.98. The highest BCUT2D eigenvalue weighted by Gasteiger charge is 2.26. The van der Waals surface area contributed by atoms with Crippen molar-refractivity contribution in [3.8, 4) is 11.3 Å². The second kappa shape index (κ2) is 15.3. The van der Waals surface area contributed by atoms with Crippen LogP contribution in [0.4, 0.5) is 10.5 Å². The number of nitrogens with one attached hydrogen (secondary N) is 2. The average molecular weight is 613 g/mol. The Morgan fingerprint density at radius 3 is 2.51 bits per heavy atom. The first kappa shape index (κ1) is 32.4. The molecule has 0 bridgehead atoms. The number of carbonyl (C=O) groups excluding carboxylic acids is 2. The molecule has 0 aliphatic carbocycles. The Morgan fingerprint density at radius 1 is 1.02 bits per heavy atom. The Labute approximate surface area is 267 Å². The molecule has 4 heterocycles. The molecule has 9 nitrogen and oxygen atoms in total. The number of amides is 2. The Bertz CT molecular complexity index is 1450. The fraction of sp³-hybridized carbons (Fsp3) is 0.500. The van der Waals surface area contributed by atoms with Crippen molar-refractivity contribution in [2.24, 2.45) is 5.92 Å². The normalized spacial score (nSPS) is 16.6. The minimum Gasteiger partial charge on any atom is -0.444 e. The van der Waals surface area contributed by atoms with E-state index in [1.54, 1.807) is 17.2 Å². The highest BCUT2D eigenvalue weighted by molar-refractivity contribution is 5.93. The molecule has 2 amide bonds. The predicted octanol–water partition coefficient (Wildman–Crippen LogP) is 6.36. The molecule has 0 saturated carbocycles. The van der Waals surface area contributed by atoms with Crippen molar-refractivity contribution in [3.63, 3.8) is 0 Å². The van der Waals surface area contributed by atoms with Gasteiger partial charge in [-0.05, 0) is 102 Å². The van der Waals surface area contributed by atoms with E-state index < -0.39 is 5.60 Å². The van der Waals surface area contributed by atoms with Gasteiger partial charge < -0.3 is 25.2 Å². The van der Waals surface area contributed by atoms with Crippen molar-refractivity contribution in [1.82, 2.24) is 25.1 Å². The largest absolute Gasteiger partial charge is 0.444 e. The minimum atomic E-state index is -0.493. The first-order chi connectivity index (χ1) is 21.7. The SMILES string of the molecule is CC(C)(C)OC(=O)N1CCC(CNC(=O)C=Cc2ccc(-c3cc(NCCCN4CCCCC4)c4cnccc4n3)cc2)CC1. The monoisotopic (exact) mass is 612 g/mol. The van der Waals surface area contributed by atoms with Gasteiger partial charge in [0, 0.05) is 61.3 Å². The number of carbonyl (C=O) groups is 2. The summed E-state index contributed by atoms with van der Waals surface area (Å²) in [5, 5.41) is 7.69. The lowest BCUT2D eigenvalue weighted by Gasteiger charge is -2.33. The number of benzene rings is 1. The summed E-state index contributed by atoms with van der Waals surface area (Å²) in [4.78, 5) is 38.4. The summed E-state index contributed by atoms with van der Waals surface area (Å²) >= 11 is 0. The van der Waals surface area contributed by atoms with E-state index >= 15 is 0 Å². The van der Waals surface area contributed by atoms with E-state index in [4.69, 9.17) is 9.72 Å². The molecule has 2 aromatic heterocycles. The van der Waals surface area contributed by atoms with Crippen LogP contribution in [-0.2, 0) is 9.53 Å². The summed E-state index contributed by atoms with van der Waals surface area (Å²) < 4.78 is 5.47. The zero-order valence-electron chi connectivity index (χ0n) is 27.1. The summed E-state index contributed by atoms with van der Waals surface area (Å²) in [5.41, 5.74) is 4.34. The lowest BCUT2D eigenvalue weighted by molar-refractivity contribution is -0.116. The number of piperidine rings is 2. The molecule has 0 radical (unpaired) electrons. The van der Waals surface area contributed by atoms with Crippen LogP contribution < -0.4 is 10.6 Å². The molecule has 0 unspecified atom stereocenters. The van der Waals surface area contributed by atoms with E-state index in [9.17, 15) is 9.59 Å². The number of hydrogen-bond acceptors (Lipinski definition) is 7. The summed E-state index contributed by atoms with van der Waals surface area (Å²) in [6.07, 6.45) is 13.6. The molecule has 2 aliphatic rings. The van der Waals surface area contributed by atoms with Gasteiger partial charge in [0.05, 0.1) is 11.2 Å². The van der Waals surface area contributed by atoms with Gasteiger partial charge in [-0.2, -0.15) is 0 Å². The van der Waals surface area contributed by atoms with Gasteiger partial charge in [0.15, 0.2) is 0 Å². The molecule has 0 atom stereocenters. The van der Waals surface area contributed by atoms with Crippen LogP contribution in [0.2, 0.25) is 0 Å². The van der Waals surface area contributed by atoms with Gasteiger partial charge in [0.1, 0.15) is 5.60 Å². The molecule has 2 aliphatic heterocycles. The highest BCUT2D eigenvalue weighted by Crippen LogP contribution is 2.28. The smallest absolute Gasteiger partial charge is 0.410 e. The van der Waals surface area contributed by atoms with E-state index in [2.05, 4.69) is 26.6 Å². The molecule has 2 saturated heterocycles. The number of aromatic nitrogens is 2. The summed E-state index contributed by atoms with van der Waals surface area (Å²) in [5.74, 6) is 0.231. The Balaban J connectivity index is 1.11. The van der Waals surface area contributed by atoms with Crippen molar-refractivity contribution >= 4 is 34.7 Å². The fourth-order valence-electron chi connectivity index (χ4n) is 5.96. The first-order valence-corrected chi connectivity index (χ1v) is 16.5. The van der Waals surface area contributed by atoms with Gasteiger partial charge in [-0.1, -0.05) is 30.7 Å². The Morgan fingerprint density at radius 2 is 1.78 bits per heavy atom. The van der Waals surface area contributed by atoms with Crippen molar-refractivity contribution in [1.29, 1.82) is 0 Å². The third kappa shape index (κ3) is 9.75. The molecule has 0 spiro atoms. The molecule has 3 aromatic rings. The number of hydrogen-bond donors (Lipinski definition) is 2. The van der Waals surface area contributed by atoms with E-state index in [1.165, 1.54) is 32.4 Å². The van der Waals surface area contributed by atoms with E-state index in [0.29, 0.717) is 25.6 Å². The van der Waals surface area contributed by atoms with Gasteiger partial charge in [0.25, 0.3) is 0 Å². The molecule has 240 valence electrons. The topological polar surface area (TPSA) is 99.7 Å². The van der Waals surface area contributed by atoms with Crippen LogP contribution in [0, 0.1) is 5.92 Å². The molecular formula is C36H48N6O3. The number of likely N-dealkylation sites (tertiary alicyclic amines) is 2. The van der Waals surface area contributed by atoms with Crippen LogP contribution in [0.15, 0.2) is 54.9 Å². The number of nitrogens with zero attached hydrogens (tertiary/aromatic N) is 4. The van der Waals surface area contributed by atoms with Crippen LogP contribution in [0.3, 0.4) is 0 Å². The number of fused-ring (bicyclic) bond motifs is 1. The number of rotatable bonds is 10. The van der Waals surface area contributed by atoms with E-state index in [-0.39, 0.29) is 12.0 Å². The molecule has 1 aromatic carbocycles. The lowest BCUT2D eigenvalue weighted by Crippen LogP contribution is -2.43. The van der Waals surface area contributed by atoms with Crippen LogP contribution in [0.1, 0.15) is 64.9 Å². The molecule has 45 heavy (non-hydrogen) atoms. The van der Waals surface area contributed by atoms with Crippen LogP contribution >= 0.6 is 0 Å². The molecule has 9 heteroatoms. The van der Waals surface area contributed by atoms with Crippen molar-refractivity contribution in [2.45, 2.75) is 64.9 Å². The van der Waals surface area contributed by atoms with E-state index in [0.717, 1.165) is 65.8 Å². The second-order valence-corrected chi connectivity index (χ2v) is 13.2. The van der Waals surface area contributed by atoms with Crippen LogP contribution in [0.25, 0.3) is 28.2 Å². The number of pyridine rings is 2. The predicted molar refractivity (Wildman–Crippen MR) is 181 cm³/mol. The number of anilines is 1. The number of ether oxygens (including phenoxy) is 1. The van der Waals surface area contributed by atoms with Gasteiger partial charge in [0.2, 0.25) is 5.91 Å². The molecule has 5 rings (SSSR count). The molecular weight excluding hydrogens is 564 g/mol. The summed E-state index contributed by atoms with van der Waals surface area (Å²) in [7, 11) is 0. The van der Waals surface area contributed by atoms with Crippen molar-refractivity contribution < 1.29 is 14.3 Å². The van der Waals surface area contributed by atoms with Gasteiger partial charge in [-0.15, -0.1) is 0 Å². The second-order valence-electron chi connectivity index (χ2n) is 13.2. The lowest BCUT2D eigenvalue weighted by atomic mass is 9.97. The Kier molecular flexibility index (Phi) is 11.1. The zero-order chi connectivity index (χ0) is 31.6. The first-order valence-electron chi connectivity index (χ1n) is 16.5. The maximum Gasteiger partial charge on any atom is 0.410 e. The molecule has 2 fully saturated rings. The highest BCUT2D eigenvalue weighted by atomic mass is 16.6. The van der Waals surface area contributed by atoms with Gasteiger partial charge in [-0.3, -0.25) is 9.78 Å². The van der Waals surface area contributed by atoms with Crippen LogP contribution in [-0.4, -0.2) is 83.2 Å².